The third kappa shape index (κ3) is 3.85. The van der Waals surface area contributed by atoms with Gasteiger partial charge in [-0.25, -0.2) is 0 Å². The molecule has 18 heavy (non-hydrogen) atoms. The molecule has 0 aromatic heterocycles. The molecule has 0 spiro atoms. The summed E-state index contributed by atoms with van der Waals surface area (Å²) in [5, 5.41) is 15.7. The highest BCUT2D eigenvalue weighted by Crippen LogP contribution is 2.14. The summed E-state index contributed by atoms with van der Waals surface area (Å²) < 4.78 is 0. The molecule has 2 atom stereocenters. The normalized spacial score (nSPS) is 22.3. The molecule has 4 nitrogen and oxygen atoms in total. The van der Waals surface area contributed by atoms with Crippen LogP contribution in [-0.2, 0) is 11.3 Å². The van der Waals surface area contributed by atoms with Gasteiger partial charge in [0.1, 0.15) is 0 Å². The van der Waals surface area contributed by atoms with Crippen LogP contribution in [0.1, 0.15) is 12.0 Å². The van der Waals surface area contributed by atoms with Gasteiger partial charge in [0, 0.05) is 18.1 Å². The van der Waals surface area contributed by atoms with Crippen molar-refractivity contribution >= 4 is 29.9 Å². The van der Waals surface area contributed by atoms with Crippen LogP contribution in [0.3, 0.4) is 0 Å². The van der Waals surface area contributed by atoms with Crippen molar-refractivity contribution in [3.8, 4) is 0 Å². The molecule has 6 heteroatoms. The van der Waals surface area contributed by atoms with E-state index in [-0.39, 0.29) is 24.4 Å². The second-order valence-electron chi connectivity index (χ2n) is 4.16. The average molecular weight is 291 g/mol. The predicted octanol–water partition coefficient (Wildman–Crippen LogP) is 1.10. The van der Waals surface area contributed by atoms with Gasteiger partial charge < -0.3 is 15.7 Å². The predicted molar refractivity (Wildman–Crippen MR) is 73.0 cm³/mol. The number of carbonyl (C=O) groups is 1. The first kappa shape index (κ1) is 15.2. The third-order valence-electron chi connectivity index (χ3n) is 2.84. The molecule has 1 aliphatic rings. The van der Waals surface area contributed by atoms with Gasteiger partial charge in [0.25, 0.3) is 0 Å². The monoisotopic (exact) mass is 290 g/mol. The number of rotatable bonds is 3. The van der Waals surface area contributed by atoms with Gasteiger partial charge in [0.15, 0.2) is 0 Å². The van der Waals surface area contributed by atoms with Crippen molar-refractivity contribution in [1.29, 1.82) is 0 Å². The number of nitrogens with one attached hydrogen (secondary N) is 2. The number of halogens is 2. The first-order valence-corrected chi connectivity index (χ1v) is 5.97. The van der Waals surface area contributed by atoms with Crippen molar-refractivity contribution in [3.63, 3.8) is 0 Å². The first-order valence-electron chi connectivity index (χ1n) is 5.59. The van der Waals surface area contributed by atoms with Crippen LogP contribution in [-0.4, -0.2) is 29.7 Å². The SMILES string of the molecule is Cl.O=C(NCc1ccccc1Cl)C1CC(O)CN1. The maximum absolute atomic E-state index is 11.7. The van der Waals surface area contributed by atoms with E-state index < -0.39 is 6.10 Å². The average Bonchev–Trinajstić information content (AvgIpc) is 2.74. The number of benzene rings is 1. The summed E-state index contributed by atoms with van der Waals surface area (Å²) in [5.74, 6) is -0.0959. The van der Waals surface area contributed by atoms with Crippen molar-refractivity contribution < 1.29 is 9.90 Å². The molecule has 0 saturated carbocycles. The highest BCUT2D eigenvalue weighted by Gasteiger charge is 2.27. The lowest BCUT2D eigenvalue weighted by Crippen LogP contribution is -2.40. The molecule has 1 aliphatic heterocycles. The molecule has 2 rings (SSSR count). The van der Waals surface area contributed by atoms with Gasteiger partial charge in [-0.05, 0) is 18.1 Å². The number of hydrogen-bond donors (Lipinski definition) is 3. The maximum Gasteiger partial charge on any atom is 0.237 e. The summed E-state index contributed by atoms with van der Waals surface area (Å²) in [7, 11) is 0. The van der Waals surface area contributed by atoms with E-state index in [0.29, 0.717) is 24.5 Å². The summed E-state index contributed by atoms with van der Waals surface area (Å²) in [5.41, 5.74) is 0.890. The minimum atomic E-state index is -0.425. The molecule has 1 amide bonds. The minimum absolute atomic E-state index is 0. The van der Waals surface area contributed by atoms with E-state index in [1.807, 2.05) is 18.2 Å². The van der Waals surface area contributed by atoms with Gasteiger partial charge in [-0.15, -0.1) is 12.4 Å². The summed E-state index contributed by atoms with van der Waals surface area (Å²) in [6.07, 6.45) is 0.0417. The zero-order valence-corrected chi connectivity index (χ0v) is 11.3. The van der Waals surface area contributed by atoms with E-state index in [2.05, 4.69) is 10.6 Å². The van der Waals surface area contributed by atoms with E-state index >= 15 is 0 Å². The first-order chi connectivity index (χ1) is 8.16. The number of amides is 1. The van der Waals surface area contributed by atoms with E-state index in [9.17, 15) is 9.90 Å². The van der Waals surface area contributed by atoms with Gasteiger partial charge in [0.2, 0.25) is 5.91 Å². The molecule has 0 bridgehead atoms. The van der Waals surface area contributed by atoms with E-state index in [1.54, 1.807) is 6.07 Å². The molecule has 1 heterocycles. The second kappa shape index (κ2) is 6.95. The molecule has 2 unspecified atom stereocenters. The van der Waals surface area contributed by atoms with Crippen LogP contribution in [0.5, 0.6) is 0 Å². The van der Waals surface area contributed by atoms with Gasteiger partial charge in [0.05, 0.1) is 12.1 Å². The smallest absolute Gasteiger partial charge is 0.237 e. The molecular formula is C12H16Cl2N2O2. The summed E-state index contributed by atoms with van der Waals surface area (Å²) in [6.45, 7) is 0.886. The molecule has 1 saturated heterocycles. The zero-order chi connectivity index (χ0) is 12.3. The third-order valence-corrected chi connectivity index (χ3v) is 3.20. The van der Waals surface area contributed by atoms with Gasteiger partial charge in [-0.2, -0.15) is 0 Å². The van der Waals surface area contributed by atoms with E-state index in [1.165, 1.54) is 0 Å². The molecule has 1 aromatic rings. The largest absolute Gasteiger partial charge is 0.392 e. The fourth-order valence-corrected chi connectivity index (χ4v) is 2.07. The van der Waals surface area contributed by atoms with E-state index in [4.69, 9.17) is 11.6 Å². The van der Waals surface area contributed by atoms with Crippen LogP contribution in [0.4, 0.5) is 0 Å². The molecule has 1 fully saturated rings. The van der Waals surface area contributed by atoms with Crippen molar-refractivity contribution in [1.82, 2.24) is 10.6 Å². The van der Waals surface area contributed by atoms with Gasteiger partial charge in [-0.1, -0.05) is 29.8 Å². The highest BCUT2D eigenvalue weighted by atomic mass is 35.5. The second-order valence-corrected chi connectivity index (χ2v) is 4.57. The van der Waals surface area contributed by atoms with Crippen molar-refractivity contribution in [2.24, 2.45) is 0 Å². The van der Waals surface area contributed by atoms with Crippen LogP contribution in [0.2, 0.25) is 5.02 Å². The Morgan fingerprint density at radius 2 is 2.22 bits per heavy atom. The Morgan fingerprint density at radius 1 is 1.50 bits per heavy atom. The Kier molecular flexibility index (Phi) is 5.88. The Balaban J connectivity index is 0.00000162. The van der Waals surface area contributed by atoms with Gasteiger partial charge in [-0.3, -0.25) is 4.79 Å². The Bertz CT molecular complexity index is 415. The molecule has 3 N–H and O–H groups in total. The topological polar surface area (TPSA) is 61.4 Å². The molecule has 1 aromatic carbocycles. The highest BCUT2D eigenvalue weighted by molar-refractivity contribution is 6.31. The molecule has 0 aliphatic carbocycles. The number of aliphatic hydroxyl groups is 1. The van der Waals surface area contributed by atoms with Crippen LogP contribution < -0.4 is 10.6 Å². The number of β-amino-alcohol motifs (C(OH)–C–C–N with tert-alkyl or cyclic N) is 1. The summed E-state index contributed by atoms with van der Waals surface area (Å²) in [6, 6.07) is 7.10. The van der Waals surface area contributed by atoms with Crippen LogP contribution in [0.15, 0.2) is 24.3 Å². The van der Waals surface area contributed by atoms with Gasteiger partial charge >= 0.3 is 0 Å². The van der Waals surface area contributed by atoms with Crippen LogP contribution in [0, 0.1) is 0 Å². The van der Waals surface area contributed by atoms with Crippen molar-refractivity contribution in [2.45, 2.75) is 25.1 Å². The number of hydrogen-bond acceptors (Lipinski definition) is 3. The van der Waals surface area contributed by atoms with Crippen molar-refractivity contribution in [2.75, 3.05) is 6.54 Å². The van der Waals surface area contributed by atoms with Crippen molar-refractivity contribution in [3.05, 3.63) is 34.9 Å². The Morgan fingerprint density at radius 3 is 2.83 bits per heavy atom. The lowest BCUT2D eigenvalue weighted by molar-refractivity contribution is -0.123. The Hall–Kier alpha value is -0.810. The standard InChI is InChI=1S/C12H15ClN2O2.ClH/c13-10-4-2-1-3-8(10)6-15-12(17)11-5-9(16)7-14-11;/h1-4,9,11,14,16H,5-7H2,(H,15,17);1H. The zero-order valence-electron chi connectivity index (χ0n) is 9.73. The fraction of sp³-hybridized carbons (Fsp3) is 0.417. The number of aliphatic hydroxyl groups excluding tert-OH is 1. The summed E-state index contributed by atoms with van der Waals surface area (Å²) >= 11 is 5.98. The minimum Gasteiger partial charge on any atom is -0.392 e. The lowest BCUT2D eigenvalue weighted by atomic mass is 10.2. The number of carbonyl (C=O) groups excluding carboxylic acids is 1. The molecule has 0 radical (unpaired) electrons. The molecular weight excluding hydrogens is 275 g/mol. The quantitative estimate of drug-likeness (QED) is 0.781. The lowest BCUT2D eigenvalue weighted by Gasteiger charge is -2.11. The molecule has 100 valence electrons. The van der Waals surface area contributed by atoms with Crippen LogP contribution >= 0.6 is 24.0 Å². The summed E-state index contributed by atoms with van der Waals surface area (Å²) in [4.78, 5) is 11.7. The Labute approximate surface area is 117 Å². The van der Waals surface area contributed by atoms with Crippen LogP contribution in [0.25, 0.3) is 0 Å². The fourth-order valence-electron chi connectivity index (χ4n) is 1.86. The van der Waals surface area contributed by atoms with E-state index in [0.717, 1.165) is 5.56 Å². The maximum atomic E-state index is 11.7.